The topological polar surface area (TPSA) is 0 Å². The van der Waals surface area contributed by atoms with Gasteiger partial charge in [-0.2, -0.15) is 0 Å². The summed E-state index contributed by atoms with van der Waals surface area (Å²) in [6.45, 7) is 20.5. The molecule has 0 aromatic rings. The maximum Gasteiger partial charge on any atom is 0.0789 e. The molecule has 1 fully saturated rings. The summed E-state index contributed by atoms with van der Waals surface area (Å²) < 4.78 is 0. The molecule has 1 heteroatoms. The third-order valence-electron chi connectivity index (χ3n) is 9.24. The smallest absolute Gasteiger partial charge is 0.0767 e. The summed E-state index contributed by atoms with van der Waals surface area (Å²) in [5.41, 5.74) is 2.61. The first-order chi connectivity index (χ1) is 12.2. The molecule has 0 N–H and O–H groups in total. The highest BCUT2D eigenvalue weighted by atomic mass is 28.3. The second-order valence-corrected chi connectivity index (χ2v) is 15.4. The Morgan fingerprint density at radius 2 is 1.62 bits per heavy atom. The van der Waals surface area contributed by atoms with Crippen molar-refractivity contribution in [3.05, 3.63) is 35.1 Å². The molecule has 26 heavy (non-hydrogen) atoms. The van der Waals surface area contributed by atoms with Crippen LogP contribution in [0.4, 0.5) is 0 Å². The highest BCUT2D eigenvalue weighted by molar-refractivity contribution is 6.85. The van der Waals surface area contributed by atoms with Gasteiger partial charge in [0.25, 0.3) is 0 Å². The molecule has 146 valence electrons. The predicted octanol–water partition coefficient (Wildman–Crippen LogP) is 7.66. The molecule has 3 aliphatic rings. The minimum Gasteiger partial charge on any atom is -0.0767 e. The third-order valence-corrected chi connectivity index (χ3v) is 14.0. The van der Waals surface area contributed by atoms with Gasteiger partial charge in [0.1, 0.15) is 0 Å². The molecular formula is C25H42Si. The van der Waals surface area contributed by atoms with Gasteiger partial charge in [-0.3, -0.25) is 0 Å². The Balaban J connectivity index is 1.92. The number of fused-ring (bicyclic) bond motifs is 1. The van der Waals surface area contributed by atoms with Crippen LogP contribution in [-0.2, 0) is 0 Å². The fourth-order valence-electron chi connectivity index (χ4n) is 6.87. The Bertz CT molecular complexity index is 594. The average molecular weight is 371 g/mol. The number of hydrogen-bond acceptors (Lipinski definition) is 0. The van der Waals surface area contributed by atoms with Crippen LogP contribution in [0.2, 0.25) is 18.6 Å². The zero-order valence-corrected chi connectivity index (χ0v) is 19.5. The molecule has 0 heterocycles. The van der Waals surface area contributed by atoms with Crippen molar-refractivity contribution in [2.45, 2.75) is 79.4 Å². The highest BCUT2D eigenvalue weighted by Crippen LogP contribution is 2.56. The van der Waals surface area contributed by atoms with Crippen molar-refractivity contribution in [1.29, 1.82) is 0 Å². The van der Waals surface area contributed by atoms with Gasteiger partial charge in [0, 0.05) is 5.92 Å². The minimum atomic E-state index is -1.47. The van der Waals surface area contributed by atoms with E-state index in [2.05, 4.69) is 78.9 Å². The van der Waals surface area contributed by atoms with Crippen LogP contribution in [0.1, 0.15) is 60.8 Å². The van der Waals surface area contributed by atoms with Crippen molar-refractivity contribution in [3.8, 4) is 0 Å². The van der Waals surface area contributed by atoms with E-state index in [0.717, 1.165) is 41.0 Å². The summed E-state index contributed by atoms with van der Waals surface area (Å²) in [6, 6.07) is 0. The van der Waals surface area contributed by atoms with Crippen molar-refractivity contribution in [2.75, 3.05) is 0 Å². The molecule has 0 radical (unpaired) electrons. The molecule has 3 aliphatic carbocycles. The van der Waals surface area contributed by atoms with Crippen LogP contribution < -0.4 is 0 Å². The Morgan fingerprint density at radius 1 is 1.00 bits per heavy atom. The van der Waals surface area contributed by atoms with E-state index in [0.29, 0.717) is 5.92 Å². The maximum absolute atomic E-state index is 2.70. The molecule has 1 saturated carbocycles. The van der Waals surface area contributed by atoms with Crippen LogP contribution in [0.25, 0.3) is 0 Å². The average Bonchev–Trinajstić information content (AvgIpc) is 3.08. The molecule has 3 rings (SSSR count). The van der Waals surface area contributed by atoms with Gasteiger partial charge >= 0.3 is 0 Å². The molecule has 0 spiro atoms. The minimum absolute atomic E-state index is 0.713. The van der Waals surface area contributed by atoms with Gasteiger partial charge < -0.3 is 0 Å². The Labute approximate surface area is 164 Å². The summed E-state index contributed by atoms with van der Waals surface area (Å²) in [5.74, 6) is 5.98. The van der Waals surface area contributed by atoms with Crippen LogP contribution in [0.3, 0.4) is 0 Å². The van der Waals surface area contributed by atoms with Crippen molar-refractivity contribution in [3.63, 3.8) is 0 Å². The lowest BCUT2D eigenvalue weighted by Gasteiger charge is -2.40. The molecule has 7 atom stereocenters. The van der Waals surface area contributed by atoms with Crippen molar-refractivity contribution < 1.29 is 0 Å². The van der Waals surface area contributed by atoms with Gasteiger partial charge in [-0.05, 0) is 59.5 Å². The fourth-order valence-corrected chi connectivity index (χ4v) is 10.8. The van der Waals surface area contributed by atoms with Gasteiger partial charge in [0.05, 0.1) is 8.07 Å². The monoisotopic (exact) mass is 370 g/mol. The Hall–Kier alpha value is -0.563. The van der Waals surface area contributed by atoms with E-state index >= 15 is 0 Å². The standard InChI is InChI=1S/C25H42Si/c1-9-12-21-15-24(23-14-11-10-13-22(21)23)26(7,8)20(6)25-18(4)16(2)17(3)19(25)5/h10-11,13-14,16-22,25H,9,12,15H2,1-8H3. The molecule has 0 bridgehead atoms. The van der Waals surface area contributed by atoms with Crippen LogP contribution in [0, 0.1) is 41.4 Å². The summed E-state index contributed by atoms with van der Waals surface area (Å²) >= 11 is 0. The summed E-state index contributed by atoms with van der Waals surface area (Å²) in [5, 5.41) is 1.92. The van der Waals surface area contributed by atoms with Crippen LogP contribution in [-0.4, -0.2) is 8.07 Å². The second-order valence-electron chi connectivity index (χ2n) is 10.5. The van der Waals surface area contributed by atoms with Gasteiger partial charge in [-0.15, -0.1) is 0 Å². The lowest BCUT2D eigenvalue weighted by molar-refractivity contribution is 0.306. The maximum atomic E-state index is 2.70. The number of allylic oxidation sites excluding steroid dienone is 6. The lowest BCUT2D eigenvalue weighted by Crippen LogP contribution is -2.40. The molecule has 7 unspecified atom stereocenters. The first-order valence-electron chi connectivity index (χ1n) is 11.3. The van der Waals surface area contributed by atoms with Gasteiger partial charge in [-0.25, -0.2) is 0 Å². The van der Waals surface area contributed by atoms with Gasteiger partial charge in [-0.1, -0.05) is 90.6 Å². The van der Waals surface area contributed by atoms with Crippen LogP contribution in [0.15, 0.2) is 35.1 Å². The van der Waals surface area contributed by atoms with E-state index in [1.165, 1.54) is 19.3 Å². The zero-order chi connectivity index (χ0) is 19.2. The molecule has 0 aromatic heterocycles. The van der Waals surface area contributed by atoms with Crippen LogP contribution in [0.5, 0.6) is 0 Å². The van der Waals surface area contributed by atoms with E-state index in [9.17, 15) is 0 Å². The molecule has 0 aromatic carbocycles. The number of rotatable bonds is 5. The lowest BCUT2D eigenvalue weighted by atomic mass is 9.86. The van der Waals surface area contributed by atoms with Gasteiger partial charge in [0.2, 0.25) is 0 Å². The van der Waals surface area contributed by atoms with Crippen LogP contribution >= 0.6 is 0 Å². The Kier molecular flexibility index (Phi) is 5.78. The van der Waals surface area contributed by atoms with Gasteiger partial charge in [0.15, 0.2) is 0 Å². The van der Waals surface area contributed by atoms with Crippen molar-refractivity contribution in [1.82, 2.24) is 0 Å². The second kappa shape index (κ2) is 7.45. The van der Waals surface area contributed by atoms with Crippen molar-refractivity contribution in [2.24, 2.45) is 41.4 Å². The predicted molar refractivity (Wildman–Crippen MR) is 119 cm³/mol. The quantitative estimate of drug-likeness (QED) is 0.436. The first-order valence-corrected chi connectivity index (χ1v) is 14.4. The molecule has 0 amide bonds. The van der Waals surface area contributed by atoms with Crippen molar-refractivity contribution >= 4 is 8.07 Å². The summed E-state index contributed by atoms with van der Waals surface area (Å²) in [6.07, 6.45) is 13.7. The van der Waals surface area contributed by atoms with E-state index in [4.69, 9.17) is 0 Å². The Morgan fingerprint density at radius 3 is 2.19 bits per heavy atom. The molecular weight excluding hydrogens is 328 g/mol. The normalized spacial score (nSPS) is 41.0. The number of hydrogen-bond donors (Lipinski definition) is 0. The fraction of sp³-hybridized carbons (Fsp3) is 0.760. The highest BCUT2D eigenvalue weighted by Gasteiger charge is 2.50. The van der Waals surface area contributed by atoms with E-state index < -0.39 is 8.07 Å². The third kappa shape index (κ3) is 3.13. The first kappa shape index (κ1) is 20.2. The van der Waals surface area contributed by atoms with E-state index in [1.54, 1.807) is 5.57 Å². The molecule has 0 saturated heterocycles. The van der Waals surface area contributed by atoms with E-state index in [-0.39, 0.29) is 0 Å². The van der Waals surface area contributed by atoms with E-state index in [1.807, 2.05) is 5.20 Å². The molecule has 0 aliphatic heterocycles. The zero-order valence-electron chi connectivity index (χ0n) is 18.5. The largest absolute Gasteiger partial charge is 0.0789 e. The summed E-state index contributed by atoms with van der Waals surface area (Å²) in [4.78, 5) is 0. The summed E-state index contributed by atoms with van der Waals surface area (Å²) in [7, 11) is -1.47. The SMILES string of the molecule is CCCC1CC([Si](C)(C)C(C)C2C(C)C(C)C(C)C2C)=C2C=CC=CC21. The molecule has 0 nitrogen and oxygen atoms in total.